The number of methoxy groups -OCH3 is 1. The molecule has 2 aromatic rings. The Kier molecular flexibility index (Phi) is 3.67. The van der Waals surface area contributed by atoms with Gasteiger partial charge >= 0.3 is 0 Å². The summed E-state index contributed by atoms with van der Waals surface area (Å²) in [5.41, 5.74) is 1.92. The molecule has 4 heteroatoms. The quantitative estimate of drug-likeness (QED) is 0.832. The average Bonchev–Trinajstić information content (AvgIpc) is 2.84. The van der Waals surface area contributed by atoms with E-state index < -0.39 is 0 Å². The van der Waals surface area contributed by atoms with Crippen molar-refractivity contribution in [3.8, 4) is 11.5 Å². The zero-order valence-corrected chi connectivity index (χ0v) is 9.64. The van der Waals surface area contributed by atoms with Crippen molar-refractivity contribution in [2.45, 2.75) is 13.1 Å². The molecule has 1 aromatic heterocycles. The Balaban J connectivity index is 1.90. The molecule has 0 bridgehead atoms. The van der Waals surface area contributed by atoms with Gasteiger partial charge in [-0.2, -0.15) is 0 Å². The molecule has 0 saturated heterocycles. The van der Waals surface area contributed by atoms with Gasteiger partial charge in [0.1, 0.15) is 11.5 Å². The topological polar surface area (TPSA) is 54.6 Å². The first kappa shape index (κ1) is 11.5. The maximum atomic E-state index is 9.74. The van der Waals surface area contributed by atoms with Gasteiger partial charge < -0.3 is 19.6 Å². The Bertz CT molecular complexity index is 466. The van der Waals surface area contributed by atoms with Crippen LogP contribution in [0.15, 0.2) is 41.2 Å². The van der Waals surface area contributed by atoms with Crippen LogP contribution in [0.1, 0.15) is 11.1 Å². The number of furan rings is 1. The van der Waals surface area contributed by atoms with Gasteiger partial charge in [0.25, 0.3) is 0 Å². The van der Waals surface area contributed by atoms with Crippen molar-refractivity contribution in [3.05, 3.63) is 47.9 Å². The summed E-state index contributed by atoms with van der Waals surface area (Å²) >= 11 is 0. The van der Waals surface area contributed by atoms with Crippen LogP contribution in [0.4, 0.5) is 0 Å². The summed E-state index contributed by atoms with van der Waals surface area (Å²) < 4.78 is 9.99. The lowest BCUT2D eigenvalue weighted by Gasteiger charge is -2.07. The highest BCUT2D eigenvalue weighted by Crippen LogP contribution is 2.23. The number of nitrogens with one attached hydrogen (secondary N) is 1. The van der Waals surface area contributed by atoms with Gasteiger partial charge in [-0.25, -0.2) is 0 Å². The number of aromatic hydroxyl groups is 1. The van der Waals surface area contributed by atoms with Gasteiger partial charge in [-0.05, 0) is 12.1 Å². The average molecular weight is 233 g/mol. The van der Waals surface area contributed by atoms with Gasteiger partial charge in [0.05, 0.1) is 19.6 Å². The number of hydrogen-bond acceptors (Lipinski definition) is 4. The van der Waals surface area contributed by atoms with Crippen LogP contribution in [-0.2, 0) is 13.1 Å². The molecule has 0 saturated carbocycles. The molecule has 1 aromatic carbocycles. The summed E-state index contributed by atoms with van der Waals surface area (Å²) in [6.07, 6.45) is 3.34. The van der Waals surface area contributed by atoms with E-state index in [0.717, 1.165) is 11.1 Å². The van der Waals surface area contributed by atoms with Gasteiger partial charge in [-0.15, -0.1) is 0 Å². The van der Waals surface area contributed by atoms with E-state index in [1.807, 2.05) is 18.2 Å². The van der Waals surface area contributed by atoms with E-state index in [-0.39, 0.29) is 5.75 Å². The van der Waals surface area contributed by atoms with E-state index >= 15 is 0 Å². The predicted octanol–water partition coefficient (Wildman–Crippen LogP) is 2.28. The fourth-order valence-electron chi connectivity index (χ4n) is 1.55. The molecule has 0 radical (unpaired) electrons. The normalized spacial score (nSPS) is 10.4. The Labute approximate surface area is 99.8 Å². The highest BCUT2D eigenvalue weighted by molar-refractivity contribution is 5.39. The van der Waals surface area contributed by atoms with Crippen LogP contribution in [0.5, 0.6) is 11.5 Å². The van der Waals surface area contributed by atoms with E-state index in [0.29, 0.717) is 18.8 Å². The number of phenols is 1. The van der Waals surface area contributed by atoms with Gasteiger partial charge in [-0.1, -0.05) is 6.07 Å². The van der Waals surface area contributed by atoms with Gasteiger partial charge in [0.15, 0.2) is 0 Å². The van der Waals surface area contributed by atoms with Crippen molar-refractivity contribution >= 4 is 0 Å². The predicted molar refractivity (Wildman–Crippen MR) is 63.9 cm³/mol. The molecule has 2 rings (SSSR count). The van der Waals surface area contributed by atoms with Crippen molar-refractivity contribution in [3.63, 3.8) is 0 Å². The third-order valence-electron chi connectivity index (χ3n) is 2.52. The standard InChI is InChI=1S/C13H15NO3/c1-16-12-3-2-11(13(15)6-12)8-14-7-10-4-5-17-9-10/h2-6,9,14-15H,7-8H2,1H3. The van der Waals surface area contributed by atoms with Crippen LogP contribution >= 0.6 is 0 Å². The van der Waals surface area contributed by atoms with E-state index in [1.165, 1.54) is 0 Å². The lowest BCUT2D eigenvalue weighted by atomic mass is 10.2. The van der Waals surface area contributed by atoms with E-state index in [2.05, 4.69) is 5.32 Å². The summed E-state index contributed by atoms with van der Waals surface area (Å²) in [4.78, 5) is 0. The van der Waals surface area contributed by atoms with Crippen molar-refractivity contribution < 1.29 is 14.3 Å². The molecule has 0 spiro atoms. The fraction of sp³-hybridized carbons (Fsp3) is 0.231. The van der Waals surface area contributed by atoms with Gasteiger partial charge in [-0.3, -0.25) is 0 Å². The van der Waals surface area contributed by atoms with Gasteiger partial charge in [0, 0.05) is 30.3 Å². The number of phenolic OH excluding ortho intramolecular Hbond substituents is 1. The summed E-state index contributed by atoms with van der Waals surface area (Å²) in [6.45, 7) is 1.31. The van der Waals surface area contributed by atoms with Crippen molar-refractivity contribution in [1.82, 2.24) is 5.32 Å². The third-order valence-corrected chi connectivity index (χ3v) is 2.52. The van der Waals surface area contributed by atoms with E-state index in [9.17, 15) is 5.11 Å². The number of rotatable bonds is 5. The first-order valence-electron chi connectivity index (χ1n) is 5.37. The number of ether oxygens (including phenoxy) is 1. The van der Waals surface area contributed by atoms with E-state index in [4.69, 9.17) is 9.15 Å². The third kappa shape index (κ3) is 3.01. The minimum atomic E-state index is 0.240. The zero-order valence-electron chi connectivity index (χ0n) is 9.64. The fourth-order valence-corrected chi connectivity index (χ4v) is 1.55. The maximum Gasteiger partial charge on any atom is 0.123 e. The summed E-state index contributed by atoms with van der Waals surface area (Å²) in [5.74, 6) is 0.894. The first-order valence-corrected chi connectivity index (χ1v) is 5.37. The Hall–Kier alpha value is -1.94. The molecular weight excluding hydrogens is 218 g/mol. The summed E-state index contributed by atoms with van der Waals surface area (Å²) in [6, 6.07) is 7.18. The highest BCUT2D eigenvalue weighted by atomic mass is 16.5. The summed E-state index contributed by atoms with van der Waals surface area (Å²) in [7, 11) is 1.57. The molecule has 2 N–H and O–H groups in total. The smallest absolute Gasteiger partial charge is 0.123 e. The van der Waals surface area contributed by atoms with E-state index in [1.54, 1.807) is 25.7 Å². The molecule has 17 heavy (non-hydrogen) atoms. The molecule has 90 valence electrons. The molecule has 4 nitrogen and oxygen atoms in total. The molecule has 0 atom stereocenters. The van der Waals surface area contributed by atoms with Crippen LogP contribution in [0, 0.1) is 0 Å². The summed E-state index contributed by atoms with van der Waals surface area (Å²) in [5, 5.41) is 13.0. The Morgan fingerprint density at radius 3 is 2.82 bits per heavy atom. The van der Waals surface area contributed by atoms with Gasteiger partial charge in [0.2, 0.25) is 0 Å². The lowest BCUT2D eigenvalue weighted by Crippen LogP contribution is -2.12. The van der Waals surface area contributed by atoms with Crippen LogP contribution in [0.25, 0.3) is 0 Å². The second-order valence-corrected chi connectivity index (χ2v) is 3.73. The van der Waals surface area contributed by atoms with Crippen molar-refractivity contribution in [2.75, 3.05) is 7.11 Å². The molecule has 0 amide bonds. The van der Waals surface area contributed by atoms with Crippen molar-refractivity contribution in [1.29, 1.82) is 0 Å². The second-order valence-electron chi connectivity index (χ2n) is 3.73. The molecule has 0 fully saturated rings. The van der Waals surface area contributed by atoms with Crippen LogP contribution in [0.3, 0.4) is 0 Å². The molecule has 0 unspecified atom stereocenters. The first-order chi connectivity index (χ1) is 8.29. The monoisotopic (exact) mass is 233 g/mol. The molecule has 0 aliphatic heterocycles. The molecule has 0 aliphatic rings. The maximum absolute atomic E-state index is 9.74. The largest absolute Gasteiger partial charge is 0.507 e. The van der Waals surface area contributed by atoms with Crippen molar-refractivity contribution in [2.24, 2.45) is 0 Å². The molecule has 0 aliphatic carbocycles. The van der Waals surface area contributed by atoms with Crippen LogP contribution in [0.2, 0.25) is 0 Å². The van der Waals surface area contributed by atoms with Crippen LogP contribution in [-0.4, -0.2) is 12.2 Å². The zero-order chi connectivity index (χ0) is 12.1. The number of benzene rings is 1. The Morgan fingerprint density at radius 2 is 2.18 bits per heavy atom. The Morgan fingerprint density at radius 1 is 1.29 bits per heavy atom. The molecule has 1 heterocycles. The minimum absolute atomic E-state index is 0.240. The SMILES string of the molecule is COc1ccc(CNCc2ccoc2)c(O)c1. The second kappa shape index (κ2) is 5.41. The lowest BCUT2D eigenvalue weighted by molar-refractivity contribution is 0.406. The minimum Gasteiger partial charge on any atom is -0.507 e. The molecular formula is C13H15NO3. The highest BCUT2D eigenvalue weighted by Gasteiger charge is 2.02. The number of hydrogen-bond donors (Lipinski definition) is 2. The van der Waals surface area contributed by atoms with Crippen LogP contribution < -0.4 is 10.1 Å².